The zero-order valence-corrected chi connectivity index (χ0v) is 11.0. The number of H-pyrrole nitrogens is 1. The van der Waals surface area contributed by atoms with Crippen molar-refractivity contribution in [1.29, 1.82) is 0 Å². The molecule has 3 aromatic rings. The van der Waals surface area contributed by atoms with Crippen LogP contribution in [0.25, 0.3) is 5.69 Å². The van der Waals surface area contributed by atoms with Gasteiger partial charge in [-0.3, -0.25) is 4.98 Å². The molecule has 100 valence electrons. The van der Waals surface area contributed by atoms with Crippen molar-refractivity contribution < 1.29 is 0 Å². The molecular weight excluding hydrogens is 250 g/mol. The van der Waals surface area contributed by atoms with Gasteiger partial charge >= 0.3 is 0 Å². The van der Waals surface area contributed by atoms with Crippen LogP contribution in [-0.2, 0) is 6.42 Å². The lowest BCUT2D eigenvalue weighted by Gasteiger charge is -2.24. The summed E-state index contributed by atoms with van der Waals surface area (Å²) in [6, 6.07) is 8.36. The first-order valence-electron chi connectivity index (χ1n) is 6.76. The number of nitrogens with one attached hydrogen (secondary N) is 2. The molecule has 0 unspecified atom stereocenters. The van der Waals surface area contributed by atoms with Crippen LogP contribution in [0.5, 0.6) is 0 Å². The van der Waals surface area contributed by atoms with Gasteiger partial charge in [0, 0.05) is 48.6 Å². The lowest BCUT2D eigenvalue weighted by atomic mass is 10.0. The average molecular weight is 265 g/mol. The molecule has 1 aliphatic heterocycles. The van der Waals surface area contributed by atoms with Gasteiger partial charge in [0.2, 0.25) is 0 Å². The summed E-state index contributed by atoms with van der Waals surface area (Å²) in [5.74, 6) is 0. The van der Waals surface area contributed by atoms with Gasteiger partial charge in [-0.2, -0.15) is 0 Å². The van der Waals surface area contributed by atoms with Crippen LogP contribution in [0.2, 0.25) is 0 Å². The third-order valence-electron chi connectivity index (χ3n) is 3.77. The van der Waals surface area contributed by atoms with Crippen molar-refractivity contribution in [3.63, 3.8) is 0 Å². The van der Waals surface area contributed by atoms with Crippen LogP contribution in [-0.4, -0.2) is 26.1 Å². The summed E-state index contributed by atoms with van der Waals surface area (Å²) >= 11 is 0. The average Bonchev–Trinajstić information content (AvgIpc) is 3.16. The Morgan fingerprint density at radius 1 is 1.20 bits per heavy atom. The fourth-order valence-electron chi connectivity index (χ4n) is 2.83. The van der Waals surface area contributed by atoms with Gasteiger partial charge < -0.3 is 14.9 Å². The fourth-order valence-corrected chi connectivity index (χ4v) is 2.83. The zero-order valence-electron chi connectivity index (χ0n) is 11.0. The van der Waals surface area contributed by atoms with Crippen molar-refractivity contribution in [2.45, 2.75) is 12.5 Å². The highest BCUT2D eigenvalue weighted by atomic mass is 15.1. The Balaban J connectivity index is 1.81. The van der Waals surface area contributed by atoms with E-state index in [-0.39, 0.29) is 6.04 Å². The van der Waals surface area contributed by atoms with Gasteiger partial charge in [-0.25, -0.2) is 4.98 Å². The summed E-state index contributed by atoms with van der Waals surface area (Å²) in [5, 5.41) is 3.56. The van der Waals surface area contributed by atoms with Crippen molar-refractivity contribution in [2.24, 2.45) is 0 Å². The molecule has 0 saturated heterocycles. The largest absolute Gasteiger partial charge is 0.348 e. The van der Waals surface area contributed by atoms with Gasteiger partial charge in [-0.15, -0.1) is 0 Å². The molecule has 0 saturated carbocycles. The molecule has 0 fully saturated rings. The van der Waals surface area contributed by atoms with E-state index in [1.54, 1.807) is 6.33 Å². The normalized spacial score (nSPS) is 17.9. The Morgan fingerprint density at radius 3 is 3.00 bits per heavy atom. The fraction of sp³-hybridized carbons (Fsp3) is 0.200. The molecule has 0 aromatic carbocycles. The number of pyridine rings is 1. The van der Waals surface area contributed by atoms with E-state index < -0.39 is 0 Å². The first kappa shape index (κ1) is 11.4. The van der Waals surface area contributed by atoms with Gasteiger partial charge in [0.15, 0.2) is 0 Å². The van der Waals surface area contributed by atoms with Crippen LogP contribution in [0.4, 0.5) is 0 Å². The molecule has 5 nitrogen and oxygen atoms in total. The number of aromatic amines is 1. The second kappa shape index (κ2) is 4.61. The summed E-state index contributed by atoms with van der Waals surface area (Å²) in [7, 11) is 0. The molecule has 20 heavy (non-hydrogen) atoms. The molecule has 1 atom stereocenters. The van der Waals surface area contributed by atoms with Crippen LogP contribution >= 0.6 is 0 Å². The zero-order chi connectivity index (χ0) is 13.4. The number of aromatic nitrogens is 4. The minimum absolute atomic E-state index is 0.133. The summed E-state index contributed by atoms with van der Waals surface area (Å²) in [4.78, 5) is 11.8. The van der Waals surface area contributed by atoms with Crippen LogP contribution in [0.1, 0.15) is 23.1 Å². The lowest BCUT2D eigenvalue weighted by molar-refractivity contribution is 0.537. The SMILES string of the molecule is c1cc([C@H]2NCCc3[nH]cnc32)n(-c2ccncc2)c1. The molecular formula is C15H15N5. The van der Waals surface area contributed by atoms with E-state index in [9.17, 15) is 0 Å². The van der Waals surface area contributed by atoms with Crippen LogP contribution in [0.3, 0.4) is 0 Å². The summed E-state index contributed by atoms with van der Waals surface area (Å²) in [6.07, 6.45) is 8.49. The second-order valence-electron chi connectivity index (χ2n) is 4.91. The predicted octanol–water partition coefficient (Wildman–Crippen LogP) is 1.83. The van der Waals surface area contributed by atoms with Crippen molar-refractivity contribution in [3.8, 4) is 5.69 Å². The van der Waals surface area contributed by atoms with E-state index in [0.717, 1.165) is 24.3 Å². The van der Waals surface area contributed by atoms with Gasteiger partial charge in [0.1, 0.15) is 0 Å². The maximum absolute atomic E-state index is 4.49. The minimum Gasteiger partial charge on any atom is -0.348 e. The first-order valence-corrected chi connectivity index (χ1v) is 6.76. The molecule has 0 aliphatic carbocycles. The quantitative estimate of drug-likeness (QED) is 0.743. The maximum atomic E-state index is 4.49. The number of fused-ring (bicyclic) bond motifs is 1. The van der Waals surface area contributed by atoms with Gasteiger partial charge in [-0.05, 0) is 24.3 Å². The van der Waals surface area contributed by atoms with Crippen molar-refractivity contribution in [1.82, 2.24) is 24.8 Å². The molecule has 0 amide bonds. The number of imidazole rings is 1. The Labute approximate surface area is 116 Å². The lowest BCUT2D eigenvalue weighted by Crippen LogP contribution is -2.32. The van der Waals surface area contributed by atoms with E-state index in [4.69, 9.17) is 0 Å². The molecule has 5 heteroatoms. The Morgan fingerprint density at radius 2 is 2.10 bits per heavy atom. The topological polar surface area (TPSA) is 58.5 Å². The van der Waals surface area contributed by atoms with Crippen LogP contribution < -0.4 is 5.32 Å². The van der Waals surface area contributed by atoms with Gasteiger partial charge in [0.25, 0.3) is 0 Å². The third kappa shape index (κ3) is 1.75. The molecule has 2 N–H and O–H groups in total. The molecule has 4 heterocycles. The van der Waals surface area contributed by atoms with Crippen LogP contribution in [0, 0.1) is 0 Å². The highest BCUT2D eigenvalue weighted by molar-refractivity contribution is 5.37. The minimum atomic E-state index is 0.133. The van der Waals surface area contributed by atoms with Crippen LogP contribution in [0.15, 0.2) is 49.2 Å². The Hall–Kier alpha value is -2.40. The van der Waals surface area contributed by atoms with E-state index >= 15 is 0 Å². The smallest absolute Gasteiger partial charge is 0.0927 e. The van der Waals surface area contributed by atoms with Crippen molar-refractivity contribution in [3.05, 3.63) is 66.3 Å². The van der Waals surface area contributed by atoms with E-state index in [1.807, 2.05) is 24.5 Å². The molecule has 3 aromatic heterocycles. The second-order valence-corrected chi connectivity index (χ2v) is 4.91. The first-order chi connectivity index (χ1) is 9.93. The monoisotopic (exact) mass is 265 g/mol. The highest BCUT2D eigenvalue weighted by Crippen LogP contribution is 2.28. The molecule has 4 rings (SSSR count). The van der Waals surface area contributed by atoms with Gasteiger partial charge in [-0.1, -0.05) is 0 Å². The number of nitrogens with zero attached hydrogens (tertiary/aromatic N) is 3. The van der Waals surface area contributed by atoms with E-state index in [0.29, 0.717) is 0 Å². The maximum Gasteiger partial charge on any atom is 0.0927 e. The summed E-state index contributed by atoms with van der Waals surface area (Å²) in [6.45, 7) is 0.960. The van der Waals surface area contributed by atoms with E-state index in [2.05, 4.69) is 43.2 Å². The number of hydrogen-bond donors (Lipinski definition) is 2. The molecule has 0 spiro atoms. The third-order valence-corrected chi connectivity index (χ3v) is 3.77. The highest BCUT2D eigenvalue weighted by Gasteiger charge is 2.25. The summed E-state index contributed by atoms with van der Waals surface area (Å²) < 4.78 is 2.18. The standard InChI is InChI=1S/C15H15N5/c1-2-13(20(9-1)11-3-6-16-7-4-11)15-14-12(5-8-17-15)18-10-19-14/h1-4,6-7,9-10,15,17H,5,8H2,(H,18,19)/t15-/m1/s1. The van der Waals surface area contributed by atoms with Crippen molar-refractivity contribution >= 4 is 0 Å². The molecule has 0 radical (unpaired) electrons. The van der Waals surface area contributed by atoms with Gasteiger partial charge in [0.05, 0.1) is 18.1 Å². The summed E-state index contributed by atoms with van der Waals surface area (Å²) in [5.41, 5.74) is 4.65. The van der Waals surface area contributed by atoms with Crippen molar-refractivity contribution in [2.75, 3.05) is 6.54 Å². The molecule has 0 bridgehead atoms. The van der Waals surface area contributed by atoms with E-state index in [1.165, 1.54) is 11.4 Å². The Kier molecular flexibility index (Phi) is 2.63. The Bertz CT molecular complexity index is 713. The predicted molar refractivity (Wildman–Crippen MR) is 75.7 cm³/mol. The number of rotatable bonds is 2. The molecule has 1 aliphatic rings. The number of hydrogen-bond acceptors (Lipinski definition) is 3.